The maximum atomic E-state index is 12.7. The van der Waals surface area contributed by atoms with Gasteiger partial charge < -0.3 is 4.74 Å². The van der Waals surface area contributed by atoms with Gasteiger partial charge in [-0.25, -0.2) is 9.69 Å². The molecule has 26 heavy (non-hydrogen) atoms. The van der Waals surface area contributed by atoms with Crippen LogP contribution in [0.1, 0.15) is 50.8 Å². The lowest BCUT2D eigenvalue weighted by molar-refractivity contribution is 0.0499. The topological polar surface area (TPSA) is 63.7 Å². The Labute approximate surface area is 160 Å². The van der Waals surface area contributed by atoms with Gasteiger partial charge in [0.2, 0.25) is 0 Å². The van der Waals surface area contributed by atoms with Crippen molar-refractivity contribution in [3.05, 3.63) is 63.1 Å². The summed E-state index contributed by atoms with van der Waals surface area (Å²) < 4.78 is 5.15. The molecule has 1 aliphatic rings. The van der Waals surface area contributed by atoms with E-state index < -0.39 is 17.8 Å². The zero-order valence-electron chi connectivity index (χ0n) is 13.9. The number of hydrogen-bond donors (Lipinski definition) is 0. The molecule has 3 rings (SSSR count). The molecule has 0 unspecified atom stereocenters. The predicted octanol–water partition coefficient (Wildman–Crippen LogP) is 4.75. The molecule has 0 fully saturated rings. The van der Waals surface area contributed by atoms with Crippen molar-refractivity contribution in [2.45, 2.75) is 19.8 Å². The van der Waals surface area contributed by atoms with Crippen LogP contribution in [0.25, 0.3) is 0 Å². The van der Waals surface area contributed by atoms with Gasteiger partial charge in [-0.05, 0) is 42.8 Å². The Morgan fingerprint density at radius 2 is 1.77 bits per heavy atom. The molecule has 0 aromatic heterocycles. The fourth-order valence-corrected chi connectivity index (χ4v) is 3.13. The molecular formula is C19H15Cl2NO4. The summed E-state index contributed by atoms with van der Waals surface area (Å²) in [6.45, 7) is 2.30. The van der Waals surface area contributed by atoms with Gasteiger partial charge in [-0.1, -0.05) is 36.5 Å². The van der Waals surface area contributed by atoms with Gasteiger partial charge in [0.1, 0.15) is 0 Å². The van der Waals surface area contributed by atoms with E-state index in [0.717, 1.165) is 17.7 Å². The van der Waals surface area contributed by atoms with Crippen molar-refractivity contribution < 1.29 is 19.1 Å². The maximum Gasteiger partial charge on any atom is 0.338 e. The van der Waals surface area contributed by atoms with Crippen LogP contribution >= 0.6 is 23.2 Å². The molecule has 0 atom stereocenters. The molecule has 2 aromatic rings. The second kappa shape index (κ2) is 7.48. The smallest absolute Gasteiger partial charge is 0.338 e. The summed E-state index contributed by atoms with van der Waals surface area (Å²) in [7, 11) is 0. The number of hydrogen-bond acceptors (Lipinski definition) is 4. The van der Waals surface area contributed by atoms with Crippen LogP contribution < -0.4 is 4.90 Å². The first kappa shape index (κ1) is 18.4. The second-order valence-electron chi connectivity index (χ2n) is 5.79. The van der Waals surface area contributed by atoms with Crippen LogP contribution in [0, 0.1) is 0 Å². The van der Waals surface area contributed by atoms with E-state index in [0.29, 0.717) is 11.6 Å². The van der Waals surface area contributed by atoms with Gasteiger partial charge in [0, 0.05) is 5.02 Å². The fourth-order valence-electron chi connectivity index (χ4n) is 2.64. The quantitative estimate of drug-likeness (QED) is 0.419. The molecule has 134 valence electrons. The molecule has 1 heterocycles. The SMILES string of the molecule is CCCCOC(=O)c1ccc2c(c1)C(=O)N(c1ccc(Cl)cc1Cl)C2=O. The molecule has 0 bridgehead atoms. The Hall–Kier alpha value is -2.37. The van der Waals surface area contributed by atoms with Gasteiger partial charge in [0.25, 0.3) is 11.8 Å². The summed E-state index contributed by atoms with van der Waals surface area (Å²) in [6, 6.07) is 8.82. The molecule has 0 N–H and O–H groups in total. The summed E-state index contributed by atoms with van der Waals surface area (Å²) in [6.07, 6.45) is 1.66. The molecule has 2 aromatic carbocycles. The van der Waals surface area contributed by atoms with E-state index in [2.05, 4.69) is 0 Å². The second-order valence-corrected chi connectivity index (χ2v) is 6.63. The average molecular weight is 392 g/mol. The molecule has 0 saturated heterocycles. The van der Waals surface area contributed by atoms with Gasteiger partial charge in [-0.15, -0.1) is 0 Å². The van der Waals surface area contributed by atoms with Crippen LogP contribution in [0.5, 0.6) is 0 Å². The minimum atomic E-state index is -0.544. The van der Waals surface area contributed by atoms with Crippen molar-refractivity contribution in [1.29, 1.82) is 0 Å². The monoisotopic (exact) mass is 391 g/mol. The number of unbranched alkanes of at least 4 members (excludes halogenated alkanes) is 1. The van der Waals surface area contributed by atoms with E-state index in [1.807, 2.05) is 6.92 Å². The van der Waals surface area contributed by atoms with E-state index in [-0.39, 0.29) is 27.4 Å². The van der Waals surface area contributed by atoms with Crippen molar-refractivity contribution in [3.63, 3.8) is 0 Å². The van der Waals surface area contributed by atoms with Crippen LogP contribution in [0.3, 0.4) is 0 Å². The minimum Gasteiger partial charge on any atom is -0.462 e. The van der Waals surface area contributed by atoms with E-state index in [1.165, 1.54) is 30.3 Å². The van der Waals surface area contributed by atoms with E-state index >= 15 is 0 Å². The number of halogens is 2. The number of anilines is 1. The van der Waals surface area contributed by atoms with Crippen molar-refractivity contribution >= 4 is 46.7 Å². The van der Waals surface area contributed by atoms with Gasteiger partial charge in [0.15, 0.2) is 0 Å². The zero-order valence-corrected chi connectivity index (χ0v) is 15.4. The number of imide groups is 1. The summed E-state index contributed by atoms with van der Waals surface area (Å²) in [5.74, 6) is -1.57. The molecule has 7 heteroatoms. The molecule has 0 aliphatic carbocycles. The Bertz CT molecular complexity index is 910. The maximum absolute atomic E-state index is 12.7. The standard InChI is InChI=1S/C19H15Cl2NO4/c1-2-3-8-26-19(25)11-4-6-13-14(9-11)18(24)22(17(13)23)16-7-5-12(20)10-15(16)21/h4-7,9-10H,2-3,8H2,1H3. The number of esters is 1. The van der Waals surface area contributed by atoms with Crippen molar-refractivity contribution in [3.8, 4) is 0 Å². The van der Waals surface area contributed by atoms with E-state index in [9.17, 15) is 14.4 Å². The highest BCUT2D eigenvalue weighted by atomic mass is 35.5. The van der Waals surface area contributed by atoms with Gasteiger partial charge >= 0.3 is 5.97 Å². The number of rotatable bonds is 5. The lowest BCUT2D eigenvalue weighted by atomic mass is 10.1. The van der Waals surface area contributed by atoms with E-state index in [4.69, 9.17) is 27.9 Å². The molecule has 0 spiro atoms. The number of amides is 2. The van der Waals surface area contributed by atoms with Crippen molar-refractivity contribution in [2.24, 2.45) is 0 Å². The van der Waals surface area contributed by atoms with Crippen LogP contribution in [-0.2, 0) is 4.74 Å². The lowest BCUT2D eigenvalue weighted by Crippen LogP contribution is -2.29. The van der Waals surface area contributed by atoms with Crippen LogP contribution in [0.4, 0.5) is 5.69 Å². The van der Waals surface area contributed by atoms with Gasteiger partial charge in [0.05, 0.1) is 34.0 Å². The van der Waals surface area contributed by atoms with Crippen molar-refractivity contribution in [2.75, 3.05) is 11.5 Å². The Kier molecular flexibility index (Phi) is 5.30. The number of fused-ring (bicyclic) bond motifs is 1. The molecular weight excluding hydrogens is 377 g/mol. The lowest BCUT2D eigenvalue weighted by Gasteiger charge is -2.15. The third-order valence-corrected chi connectivity index (χ3v) is 4.54. The zero-order chi connectivity index (χ0) is 18.8. The molecule has 0 radical (unpaired) electrons. The van der Waals surface area contributed by atoms with Gasteiger partial charge in [-0.3, -0.25) is 9.59 Å². The summed E-state index contributed by atoms with van der Waals surface area (Å²) in [5.41, 5.74) is 0.830. The Morgan fingerprint density at radius 3 is 2.46 bits per heavy atom. The predicted molar refractivity (Wildman–Crippen MR) is 99.2 cm³/mol. The third kappa shape index (κ3) is 3.32. The summed E-state index contributed by atoms with van der Waals surface area (Å²) in [5, 5.41) is 0.582. The number of carbonyl (C=O) groups is 3. The first-order valence-corrected chi connectivity index (χ1v) is 8.84. The first-order valence-electron chi connectivity index (χ1n) is 8.09. The van der Waals surface area contributed by atoms with E-state index in [1.54, 1.807) is 6.07 Å². The van der Waals surface area contributed by atoms with Crippen LogP contribution in [0.2, 0.25) is 10.0 Å². The third-order valence-electron chi connectivity index (χ3n) is 4.00. The van der Waals surface area contributed by atoms with Crippen LogP contribution in [-0.4, -0.2) is 24.4 Å². The number of carbonyl (C=O) groups excluding carboxylic acids is 3. The normalized spacial score (nSPS) is 13.1. The highest BCUT2D eigenvalue weighted by Crippen LogP contribution is 2.35. The molecule has 2 amide bonds. The molecule has 0 saturated carbocycles. The number of nitrogens with zero attached hydrogens (tertiary/aromatic N) is 1. The number of benzene rings is 2. The largest absolute Gasteiger partial charge is 0.462 e. The van der Waals surface area contributed by atoms with Crippen molar-refractivity contribution in [1.82, 2.24) is 0 Å². The summed E-state index contributed by atoms with van der Waals surface area (Å²) >= 11 is 12.0. The summed E-state index contributed by atoms with van der Waals surface area (Å²) in [4.78, 5) is 38.4. The average Bonchev–Trinajstić information content (AvgIpc) is 2.86. The minimum absolute atomic E-state index is 0.144. The van der Waals surface area contributed by atoms with Gasteiger partial charge in [-0.2, -0.15) is 0 Å². The molecule has 1 aliphatic heterocycles. The first-order chi connectivity index (χ1) is 12.4. The highest BCUT2D eigenvalue weighted by molar-refractivity contribution is 6.41. The Balaban J connectivity index is 1.91. The fraction of sp³-hybridized carbons (Fsp3) is 0.211. The number of ether oxygens (including phenoxy) is 1. The Morgan fingerprint density at radius 1 is 1.04 bits per heavy atom. The highest BCUT2D eigenvalue weighted by Gasteiger charge is 2.38. The molecule has 5 nitrogen and oxygen atoms in total. The van der Waals surface area contributed by atoms with Crippen LogP contribution in [0.15, 0.2) is 36.4 Å².